The van der Waals surface area contributed by atoms with E-state index in [0.29, 0.717) is 26.2 Å². The number of rotatable bonds is 8. The zero-order valence-corrected chi connectivity index (χ0v) is 9.78. The lowest BCUT2D eigenvalue weighted by Gasteiger charge is -2.13. The third-order valence-electron chi connectivity index (χ3n) is 1.90. The van der Waals surface area contributed by atoms with Gasteiger partial charge in [-0.15, -0.1) is 0 Å². The Kier molecular flexibility index (Phi) is 8.24. The van der Waals surface area contributed by atoms with E-state index in [1.54, 1.807) is 6.92 Å². The Morgan fingerprint density at radius 2 is 2.12 bits per heavy atom. The van der Waals surface area contributed by atoms with Crippen molar-refractivity contribution in [1.29, 1.82) is 0 Å². The van der Waals surface area contributed by atoms with Gasteiger partial charge in [0.15, 0.2) is 0 Å². The van der Waals surface area contributed by atoms with Gasteiger partial charge in [-0.1, -0.05) is 0 Å². The van der Waals surface area contributed by atoms with Crippen LogP contribution in [0.15, 0.2) is 0 Å². The second kappa shape index (κ2) is 8.96. The van der Waals surface area contributed by atoms with Crippen LogP contribution in [0.5, 0.6) is 0 Å². The molecule has 0 bridgehead atoms. The predicted molar refractivity (Wildman–Crippen MR) is 59.4 cm³/mol. The maximum Gasteiger partial charge on any atom is 0.315 e. The zero-order valence-electron chi connectivity index (χ0n) is 9.78. The molecule has 0 aromatic carbocycles. The monoisotopic (exact) mass is 232 g/mol. The molecule has 94 valence electrons. The first-order valence-corrected chi connectivity index (χ1v) is 5.40. The average Bonchev–Trinajstić information content (AvgIpc) is 2.21. The van der Waals surface area contributed by atoms with Gasteiger partial charge in [-0.05, 0) is 20.3 Å². The van der Waals surface area contributed by atoms with E-state index in [9.17, 15) is 9.59 Å². The zero-order chi connectivity index (χ0) is 12.4. The van der Waals surface area contributed by atoms with Crippen LogP contribution in [0.1, 0.15) is 26.7 Å². The largest absolute Gasteiger partial charge is 0.481 e. The van der Waals surface area contributed by atoms with Gasteiger partial charge in [-0.25, -0.2) is 4.79 Å². The smallest absolute Gasteiger partial charge is 0.315 e. The third kappa shape index (κ3) is 9.26. The van der Waals surface area contributed by atoms with Crippen molar-refractivity contribution in [3.8, 4) is 0 Å². The molecule has 0 saturated heterocycles. The number of carboxylic acid groups (broad SMARTS) is 1. The third-order valence-corrected chi connectivity index (χ3v) is 1.90. The van der Waals surface area contributed by atoms with Crippen molar-refractivity contribution in [2.24, 2.45) is 0 Å². The van der Waals surface area contributed by atoms with Gasteiger partial charge in [0.25, 0.3) is 0 Å². The van der Waals surface area contributed by atoms with Crippen molar-refractivity contribution >= 4 is 12.0 Å². The Labute approximate surface area is 95.4 Å². The van der Waals surface area contributed by atoms with E-state index in [1.807, 2.05) is 6.92 Å². The fourth-order valence-electron chi connectivity index (χ4n) is 1.07. The number of aliphatic carboxylic acids is 1. The Morgan fingerprint density at radius 3 is 2.69 bits per heavy atom. The van der Waals surface area contributed by atoms with Gasteiger partial charge in [0.1, 0.15) is 0 Å². The van der Waals surface area contributed by atoms with Crippen molar-refractivity contribution in [1.82, 2.24) is 10.6 Å². The predicted octanol–water partition coefficient (Wildman–Crippen LogP) is 0.575. The second-order valence-electron chi connectivity index (χ2n) is 3.43. The minimum Gasteiger partial charge on any atom is -0.481 e. The lowest BCUT2D eigenvalue weighted by atomic mass is 10.2. The quantitative estimate of drug-likeness (QED) is 0.534. The Hall–Kier alpha value is -1.30. The average molecular weight is 232 g/mol. The van der Waals surface area contributed by atoms with Crippen LogP contribution in [-0.2, 0) is 9.53 Å². The summed E-state index contributed by atoms with van der Waals surface area (Å²) in [7, 11) is 0. The highest BCUT2D eigenvalue weighted by molar-refractivity contribution is 5.74. The fraction of sp³-hybridized carbons (Fsp3) is 0.800. The van der Waals surface area contributed by atoms with Gasteiger partial charge in [0.05, 0.1) is 6.61 Å². The maximum atomic E-state index is 11.2. The topological polar surface area (TPSA) is 87.7 Å². The molecule has 1 unspecified atom stereocenters. The SMILES string of the molecule is CCOCCNC(=O)NC(C)CCC(=O)O. The van der Waals surface area contributed by atoms with Gasteiger partial charge in [0.2, 0.25) is 0 Å². The summed E-state index contributed by atoms with van der Waals surface area (Å²) in [4.78, 5) is 21.5. The lowest BCUT2D eigenvalue weighted by molar-refractivity contribution is -0.137. The lowest BCUT2D eigenvalue weighted by Crippen LogP contribution is -2.42. The minimum atomic E-state index is -0.856. The molecule has 0 rings (SSSR count). The van der Waals surface area contributed by atoms with Crippen LogP contribution in [0.4, 0.5) is 4.79 Å². The van der Waals surface area contributed by atoms with Crippen LogP contribution in [0.2, 0.25) is 0 Å². The number of nitrogens with one attached hydrogen (secondary N) is 2. The summed E-state index contributed by atoms with van der Waals surface area (Å²) in [6.07, 6.45) is 0.481. The van der Waals surface area contributed by atoms with E-state index in [2.05, 4.69) is 10.6 Å². The van der Waals surface area contributed by atoms with E-state index in [4.69, 9.17) is 9.84 Å². The summed E-state index contributed by atoms with van der Waals surface area (Å²) in [6, 6.07) is -0.444. The number of hydrogen-bond donors (Lipinski definition) is 3. The van der Waals surface area contributed by atoms with E-state index in [1.165, 1.54) is 0 Å². The summed E-state index contributed by atoms with van der Waals surface area (Å²) in [6.45, 7) is 5.20. The molecule has 1 atom stereocenters. The molecule has 0 saturated carbocycles. The molecule has 0 heterocycles. The molecular weight excluding hydrogens is 212 g/mol. The normalized spacial score (nSPS) is 11.9. The van der Waals surface area contributed by atoms with Crippen molar-refractivity contribution < 1.29 is 19.4 Å². The number of carbonyl (C=O) groups excluding carboxylic acids is 1. The molecule has 0 radical (unpaired) electrons. The molecule has 0 aliphatic rings. The summed E-state index contributed by atoms with van der Waals surface area (Å²) in [5.74, 6) is -0.856. The number of urea groups is 1. The van der Waals surface area contributed by atoms with Crippen LogP contribution in [0, 0.1) is 0 Å². The van der Waals surface area contributed by atoms with E-state index in [-0.39, 0.29) is 18.5 Å². The van der Waals surface area contributed by atoms with Gasteiger partial charge >= 0.3 is 12.0 Å². The highest BCUT2D eigenvalue weighted by atomic mass is 16.5. The minimum absolute atomic E-state index is 0.0559. The number of carboxylic acids is 1. The highest BCUT2D eigenvalue weighted by Crippen LogP contribution is 1.95. The molecule has 0 fully saturated rings. The fourth-order valence-corrected chi connectivity index (χ4v) is 1.07. The van der Waals surface area contributed by atoms with Gasteiger partial charge in [-0.3, -0.25) is 4.79 Å². The van der Waals surface area contributed by atoms with Gasteiger partial charge < -0.3 is 20.5 Å². The van der Waals surface area contributed by atoms with E-state index >= 15 is 0 Å². The Balaban J connectivity index is 3.50. The van der Waals surface area contributed by atoms with Gasteiger partial charge in [0, 0.05) is 25.6 Å². The Bertz CT molecular complexity index is 221. The molecule has 6 nitrogen and oxygen atoms in total. The standard InChI is InChI=1S/C10H20N2O4/c1-3-16-7-6-11-10(15)12-8(2)4-5-9(13)14/h8H,3-7H2,1-2H3,(H,13,14)(H2,11,12,15). The molecule has 0 aliphatic carbocycles. The van der Waals surface area contributed by atoms with Crippen molar-refractivity contribution in [2.75, 3.05) is 19.8 Å². The first-order chi connectivity index (χ1) is 7.56. The molecule has 0 spiro atoms. The van der Waals surface area contributed by atoms with E-state index in [0.717, 1.165) is 0 Å². The number of amides is 2. The molecule has 0 aromatic heterocycles. The van der Waals surface area contributed by atoms with Crippen LogP contribution in [-0.4, -0.2) is 42.9 Å². The van der Waals surface area contributed by atoms with Crippen molar-refractivity contribution in [3.05, 3.63) is 0 Å². The number of ether oxygens (including phenoxy) is 1. The van der Waals surface area contributed by atoms with Crippen molar-refractivity contribution in [2.45, 2.75) is 32.7 Å². The second-order valence-corrected chi connectivity index (χ2v) is 3.43. The molecule has 16 heavy (non-hydrogen) atoms. The molecule has 2 amide bonds. The molecule has 0 aromatic rings. The first kappa shape index (κ1) is 14.7. The molecule has 6 heteroatoms. The molecule has 0 aliphatic heterocycles. The summed E-state index contributed by atoms with van der Waals surface area (Å²) < 4.78 is 5.05. The van der Waals surface area contributed by atoms with E-state index < -0.39 is 5.97 Å². The van der Waals surface area contributed by atoms with Crippen LogP contribution >= 0.6 is 0 Å². The summed E-state index contributed by atoms with van der Waals surface area (Å²) in [5.41, 5.74) is 0. The Morgan fingerprint density at radius 1 is 1.44 bits per heavy atom. The first-order valence-electron chi connectivity index (χ1n) is 5.40. The summed E-state index contributed by atoms with van der Waals surface area (Å²) >= 11 is 0. The number of hydrogen-bond acceptors (Lipinski definition) is 3. The maximum absolute atomic E-state index is 11.2. The molecule has 3 N–H and O–H groups in total. The van der Waals surface area contributed by atoms with Crippen LogP contribution in [0.3, 0.4) is 0 Å². The molecular formula is C10H20N2O4. The van der Waals surface area contributed by atoms with Crippen molar-refractivity contribution in [3.63, 3.8) is 0 Å². The highest BCUT2D eigenvalue weighted by Gasteiger charge is 2.08. The van der Waals surface area contributed by atoms with Crippen LogP contribution < -0.4 is 10.6 Å². The van der Waals surface area contributed by atoms with Gasteiger partial charge in [-0.2, -0.15) is 0 Å². The van der Waals surface area contributed by atoms with Crippen LogP contribution in [0.25, 0.3) is 0 Å². The summed E-state index contributed by atoms with van der Waals surface area (Å²) in [5, 5.41) is 13.7. The number of carbonyl (C=O) groups is 2.